The van der Waals surface area contributed by atoms with E-state index in [-0.39, 0.29) is 23.4 Å². The number of benzene rings is 1. The van der Waals surface area contributed by atoms with Crippen LogP contribution in [0.4, 0.5) is 0 Å². The normalized spacial score (nSPS) is 30.8. The summed E-state index contributed by atoms with van der Waals surface area (Å²) in [6, 6.07) is 7.03. The van der Waals surface area contributed by atoms with Crippen molar-refractivity contribution < 1.29 is 14.3 Å². The van der Waals surface area contributed by atoms with Crippen LogP contribution in [0, 0.1) is 17.3 Å². The third-order valence-electron chi connectivity index (χ3n) is 4.69. The third kappa shape index (κ3) is 1.73. The van der Waals surface area contributed by atoms with E-state index in [0.29, 0.717) is 17.7 Å². The first-order chi connectivity index (χ1) is 9.63. The Morgan fingerprint density at radius 3 is 2.75 bits per heavy atom. The van der Waals surface area contributed by atoms with E-state index in [1.165, 1.54) is 0 Å². The highest BCUT2D eigenvalue weighted by Crippen LogP contribution is 2.65. The van der Waals surface area contributed by atoms with Gasteiger partial charge in [0.25, 0.3) is 0 Å². The van der Waals surface area contributed by atoms with Crippen LogP contribution in [-0.4, -0.2) is 18.7 Å². The standard InChI is InChI=1S/C17H18O3/c1-3-4-12-9-13-10-17(13,16(12)19)15(18)11-5-7-14(20-2)8-6-11/h3,5-8,12-13H,1,4,9-10H2,2H3/t12?,13-,17+/m0/s1. The largest absolute Gasteiger partial charge is 0.497 e. The molecule has 3 atom stereocenters. The Hall–Kier alpha value is -1.90. The molecular formula is C17H18O3. The molecule has 0 aromatic heterocycles. The summed E-state index contributed by atoms with van der Waals surface area (Å²) in [4.78, 5) is 25.2. The van der Waals surface area contributed by atoms with Gasteiger partial charge < -0.3 is 4.74 Å². The van der Waals surface area contributed by atoms with Gasteiger partial charge in [0.05, 0.1) is 12.5 Å². The maximum absolute atomic E-state index is 12.7. The number of methoxy groups -OCH3 is 1. The van der Waals surface area contributed by atoms with Crippen LogP contribution in [0.5, 0.6) is 5.75 Å². The number of carbonyl (C=O) groups is 2. The summed E-state index contributed by atoms with van der Waals surface area (Å²) < 4.78 is 5.09. The van der Waals surface area contributed by atoms with Crippen molar-refractivity contribution in [2.45, 2.75) is 19.3 Å². The number of hydrogen-bond donors (Lipinski definition) is 0. The Labute approximate surface area is 118 Å². The van der Waals surface area contributed by atoms with Crippen molar-refractivity contribution in [1.29, 1.82) is 0 Å². The molecule has 1 aromatic rings. The van der Waals surface area contributed by atoms with E-state index in [1.54, 1.807) is 37.5 Å². The SMILES string of the molecule is C=CCC1C[C@H]2C[C@@]2(C(=O)c2ccc(OC)cc2)C1=O. The second-order valence-electron chi connectivity index (χ2n) is 5.75. The van der Waals surface area contributed by atoms with Gasteiger partial charge in [0.15, 0.2) is 5.78 Å². The van der Waals surface area contributed by atoms with E-state index in [2.05, 4.69) is 6.58 Å². The van der Waals surface area contributed by atoms with Crippen molar-refractivity contribution in [2.75, 3.05) is 7.11 Å². The van der Waals surface area contributed by atoms with Gasteiger partial charge >= 0.3 is 0 Å². The van der Waals surface area contributed by atoms with Crippen molar-refractivity contribution in [3.05, 3.63) is 42.5 Å². The summed E-state index contributed by atoms with van der Waals surface area (Å²) in [7, 11) is 1.59. The highest BCUT2D eigenvalue weighted by molar-refractivity contribution is 6.19. The summed E-state index contributed by atoms with van der Waals surface area (Å²) in [5.74, 6) is 1.07. The predicted molar refractivity (Wildman–Crippen MR) is 75.8 cm³/mol. The lowest BCUT2D eigenvalue weighted by atomic mass is 9.87. The number of ether oxygens (including phenoxy) is 1. The number of ketones is 2. The Morgan fingerprint density at radius 2 is 2.15 bits per heavy atom. The van der Waals surface area contributed by atoms with Gasteiger partial charge in [-0.15, -0.1) is 6.58 Å². The Bertz CT molecular complexity index is 572. The van der Waals surface area contributed by atoms with Crippen molar-refractivity contribution in [3.63, 3.8) is 0 Å². The van der Waals surface area contributed by atoms with Gasteiger partial charge in [-0.1, -0.05) is 6.08 Å². The summed E-state index contributed by atoms with van der Waals surface area (Å²) >= 11 is 0. The second kappa shape index (κ2) is 4.58. The van der Waals surface area contributed by atoms with E-state index < -0.39 is 5.41 Å². The number of rotatable bonds is 5. The fourth-order valence-corrected chi connectivity index (χ4v) is 3.53. The molecule has 2 aliphatic rings. The van der Waals surface area contributed by atoms with Gasteiger partial charge in [-0.25, -0.2) is 0 Å². The Kier molecular flexibility index (Phi) is 3.00. The first-order valence-corrected chi connectivity index (χ1v) is 6.97. The van der Waals surface area contributed by atoms with Crippen molar-refractivity contribution in [1.82, 2.24) is 0 Å². The average molecular weight is 270 g/mol. The molecular weight excluding hydrogens is 252 g/mol. The molecule has 1 aromatic carbocycles. The van der Waals surface area contributed by atoms with Crippen LogP contribution in [0.1, 0.15) is 29.6 Å². The first kappa shape index (κ1) is 13.1. The van der Waals surface area contributed by atoms with Crippen LogP contribution in [0.2, 0.25) is 0 Å². The monoisotopic (exact) mass is 270 g/mol. The van der Waals surface area contributed by atoms with Crippen LogP contribution in [0.25, 0.3) is 0 Å². The minimum Gasteiger partial charge on any atom is -0.497 e. The van der Waals surface area contributed by atoms with Crippen LogP contribution < -0.4 is 4.74 Å². The molecule has 0 saturated heterocycles. The fourth-order valence-electron chi connectivity index (χ4n) is 3.53. The summed E-state index contributed by atoms with van der Waals surface area (Å²) in [5.41, 5.74) is -0.108. The molecule has 0 N–H and O–H groups in total. The zero-order valence-corrected chi connectivity index (χ0v) is 11.6. The molecule has 0 bridgehead atoms. The minimum absolute atomic E-state index is 0.00607. The third-order valence-corrected chi connectivity index (χ3v) is 4.69. The van der Waals surface area contributed by atoms with Gasteiger partial charge in [0, 0.05) is 11.5 Å². The number of allylic oxidation sites excluding steroid dienone is 1. The van der Waals surface area contributed by atoms with E-state index in [1.807, 2.05) is 0 Å². The van der Waals surface area contributed by atoms with Crippen LogP contribution in [0.15, 0.2) is 36.9 Å². The topological polar surface area (TPSA) is 43.4 Å². The zero-order chi connectivity index (χ0) is 14.3. The lowest BCUT2D eigenvalue weighted by molar-refractivity contribution is -0.124. The molecule has 0 heterocycles. The van der Waals surface area contributed by atoms with Crippen LogP contribution in [0.3, 0.4) is 0 Å². The second-order valence-corrected chi connectivity index (χ2v) is 5.75. The number of hydrogen-bond acceptors (Lipinski definition) is 3. The van der Waals surface area contributed by atoms with Crippen molar-refractivity contribution >= 4 is 11.6 Å². The molecule has 2 aliphatic carbocycles. The molecule has 20 heavy (non-hydrogen) atoms. The van der Waals surface area contributed by atoms with E-state index in [9.17, 15) is 9.59 Å². The average Bonchev–Trinajstić information content (AvgIpc) is 3.14. The van der Waals surface area contributed by atoms with Gasteiger partial charge in [-0.3, -0.25) is 9.59 Å². The first-order valence-electron chi connectivity index (χ1n) is 6.97. The van der Waals surface area contributed by atoms with E-state index >= 15 is 0 Å². The van der Waals surface area contributed by atoms with Gasteiger partial charge in [0.2, 0.25) is 0 Å². The molecule has 3 nitrogen and oxygen atoms in total. The molecule has 3 rings (SSSR count). The molecule has 0 amide bonds. The minimum atomic E-state index is -0.720. The van der Waals surface area contributed by atoms with Gasteiger partial charge in [0.1, 0.15) is 11.5 Å². The molecule has 3 heteroatoms. The summed E-state index contributed by atoms with van der Waals surface area (Å²) in [6.45, 7) is 3.69. The summed E-state index contributed by atoms with van der Waals surface area (Å²) in [6.07, 6.45) is 4.03. The highest BCUT2D eigenvalue weighted by atomic mass is 16.5. The summed E-state index contributed by atoms with van der Waals surface area (Å²) in [5, 5.41) is 0. The Balaban J connectivity index is 1.84. The van der Waals surface area contributed by atoms with Crippen molar-refractivity contribution in [2.24, 2.45) is 17.3 Å². The number of carbonyl (C=O) groups excluding carboxylic acids is 2. The van der Waals surface area contributed by atoms with Gasteiger partial charge in [-0.05, 0) is 49.4 Å². The maximum atomic E-state index is 12.7. The molecule has 104 valence electrons. The van der Waals surface area contributed by atoms with Crippen molar-refractivity contribution in [3.8, 4) is 5.75 Å². The van der Waals surface area contributed by atoms with Crippen LogP contribution in [-0.2, 0) is 4.79 Å². The molecule has 2 saturated carbocycles. The quantitative estimate of drug-likeness (QED) is 0.469. The number of fused-ring (bicyclic) bond motifs is 1. The molecule has 2 fully saturated rings. The predicted octanol–water partition coefficient (Wildman–Crippen LogP) is 3.05. The van der Waals surface area contributed by atoms with Gasteiger partial charge in [-0.2, -0.15) is 0 Å². The molecule has 0 radical (unpaired) electrons. The zero-order valence-electron chi connectivity index (χ0n) is 11.6. The van der Waals surface area contributed by atoms with E-state index in [4.69, 9.17) is 4.74 Å². The molecule has 0 aliphatic heterocycles. The Morgan fingerprint density at radius 1 is 1.45 bits per heavy atom. The maximum Gasteiger partial charge on any atom is 0.176 e. The van der Waals surface area contributed by atoms with Crippen LogP contribution >= 0.6 is 0 Å². The lowest BCUT2D eigenvalue weighted by Crippen LogP contribution is -2.27. The lowest BCUT2D eigenvalue weighted by Gasteiger charge is -2.13. The fraction of sp³-hybridized carbons (Fsp3) is 0.412. The van der Waals surface area contributed by atoms with E-state index in [0.717, 1.165) is 12.8 Å². The molecule has 1 unspecified atom stereocenters. The number of Topliss-reactive ketones (excluding diaryl/α,β-unsaturated/α-hetero) is 2. The smallest absolute Gasteiger partial charge is 0.176 e. The highest BCUT2D eigenvalue weighted by Gasteiger charge is 2.70. The molecule has 0 spiro atoms.